The van der Waals surface area contributed by atoms with Crippen LogP contribution in [0.1, 0.15) is 65.4 Å². The summed E-state index contributed by atoms with van der Waals surface area (Å²) < 4.78 is 0. The summed E-state index contributed by atoms with van der Waals surface area (Å²) in [5, 5.41) is 11.7. The molecule has 3 rings (SSSR count). The van der Waals surface area contributed by atoms with E-state index < -0.39 is 12.1 Å². The topological polar surface area (TPSA) is 90.5 Å². The van der Waals surface area contributed by atoms with Gasteiger partial charge in [-0.3, -0.25) is 14.4 Å². The summed E-state index contributed by atoms with van der Waals surface area (Å²) in [6.07, 6.45) is 4.16. The van der Waals surface area contributed by atoms with Crippen LogP contribution >= 0.6 is 0 Å². The largest absolute Gasteiger partial charge is 0.354 e. The van der Waals surface area contributed by atoms with Crippen molar-refractivity contribution in [2.45, 2.75) is 78.3 Å². The van der Waals surface area contributed by atoms with Gasteiger partial charge in [0.05, 0.1) is 0 Å². The second-order valence-electron chi connectivity index (χ2n) is 10.9. The quantitative estimate of drug-likeness (QED) is 0.327. The molecule has 1 aliphatic rings. The molecule has 3 N–H and O–H groups in total. The molecule has 0 bridgehead atoms. The molecular weight excluding hydrogens is 476 g/mol. The lowest BCUT2D eigenvalue weighted by molar-refractivity contribution is -0.142. The van der Waals surface area contributed by atoms with Gasteiger partial charge < -0.3 is 20.9 Å². The number of amides is 3. The first-order valence-corrected chi connectivity index (χ1v) is 14.4. The number of hydrogen-bond donors (Lipinski definition) is 3. The molecule has 38 heavy (non-hydrogen) atoms. The van der Waals surface area contributed by atoms with Gasteiger partial charge in [-0.15, -0.1) is 0 Å². The van der Waals surface area contributed by atoms with Gasteiger partial charge >= 0.3 is 0 Å². The number of rotatable bonds is 14. The average Bonchev–Trinajstić information content (AvgIpc) is 3.41. The summed E-state index contributed by atoms with van der Waals surface area (Å²) in [7, 11) is 0. The molecule has 1 saturated heterocycles. The van der Waals surface area contributed by atoms with E-state index in [1.54, 1.807) is 4.90 Å². The molecule has 0 aromatic heterocycles. The van der Waals surface area contributed by atoms with Crippen molar-refractivity contribution in [1.82, 2.24) is 20.9 Å². The molecular formula is C31H46N4O3. The van der Waals surface area contributed by atoms with Crippen LogP contribution in [0.15, 0.2) is 42.5 Å². The minimum atomic E-state index is -0.710. The van der Waals surface area contributed by atoms with Crippen LogP contribution in [0.5, 0.6) is 0 Å². The van der Waals surface area contributed by atoms with Gasteiger partial charge in [0.15, 0.2) is 0 Å². The normalized spacial score (nSPS) is 16.3. The summed E-state index contributed by atoms with van der Waals surface area (Å²) >= 11 is 0. The van der Waals surface area contributed by atoms with E-state index >= 15 is 0 Å². The monoisotopic (exact) mass is 522 g/mol. The highest BCUT2D eigenvalue weighted by molar-refractivity contribution is 5.93. The molecule has 1 aliphatic heterocycles. The Morgan fingerprint density at radius 2 is 1.74 bits per heavy atom. The minimum Gasteiger partial charge on any atom is -0.354 e. The van der Waals surface area contributed by atoms with Crippen molar-refractivity contribution >= 4 is 28.5 Å². The lowest BCUT2D eigenvalue weighted by atomic mass is 10.00. The van der Waals surface area contributed by atoms with Crippen LogP contribution in [0.25, 0.3) is 10.8 Å². The minimum absolute atomic E-state index is 0.0529. The molecule has 3 amide bonds. The number of carbonyl (C=O) groups is 3. The van der Waals surface area contributed by atoms with Crippen molar-refractivity contribution in [3.05, 3.63) is 48.0 Å². The maximum absolute atomic E-state index is 13.5. The predicted octanol–water partition coefficient (Wildman–Crippen LogP) is 4.05. The highest BCUT2D eigenvalue weighted by Crippen LogP contribution is 2.23. The van der Waals surface area contributed by atoms with E-state index in [0.29, 0.717) is 31.8 Å². The van der Waals surface area contributed by atoms with Crippen LogP contribution in [-0.2, 0) is 20.8 Å². The fourth-order valence-electron chi connectivity index (χ4n) is 5.19. The second-order valence-corrected chi connectivity index (χ2v) is 10.9. The molecule has 1 heterocycles. The van der Waals surface area contributed by atoms with Crippen LogP contribution in [0.2, 0.25) is 0 Å². The van der Waals surface area contributed by atoms with E-state index in [4.69, 9.17) is 0 Å². The standard InChI is InChI=1S/C31H46N4O3/c1-5-24(6-2)31(38)35-18-9-13-28(35)30(37)34-27(29(36)33-17-10-16-32-21-22(3)4)20-23-14-15-25-11-7-8-12-26(25)19-23/h7-8,11-12,14-15,19,22,24,27-28,32H,5-6,9-10,13,16-18,20-21H2,1-4H3,(H,33,36)(H,34,37)/t27-,28+/m1/s1. The molecule has 0 unspecified atom stereocenters. The highest BCUT2D eigenvalue weighted by Gasteiger charge is 2.37. The summed E-state index contributed by atoms with van der Waals surface area (Å²) in [6, 6.07) is 13.0. The summed E-state index contributed by atoms with van der Waals surface area (Å²) in [6.45, 7) is 11.3. The third-order valence-electron chi connectivity index (χ3n) is 7.44. The molecule has 0 aliphatic carbocycles. The molecule has 0 saturated carbocycles. The fraction of sp³-hybridized carbons (Fsp3) is 0.581. The number of nitrogens with one attached hydrogen (secondary N) is 3. The van der Waals surface area contributed by atoms with E-state index in [0.717, 1.165) is 55.1 Å². The zero-order valence-corrected chi connectivity index (χ0v) is 23.6. The zero-order chi connectivity index (χ0) is 27.5. The molecule has 2 atom stereocenters. The molecule has 2 aromatic rings. The van der Waals surface area contributed by atoms with Gasteiger partial charge in [-0.05, 0) is 67.4 Å². The van der Waals surface area contributed by atoms with Crippen molar-refractivity contribution in [2.24, 2.45) is 11.8 Å². The smallest absolute Gasteiger partial charge is 0.243 e. The molecule has 7 heteroatoms. The van der Waals surface area contributed by atoms with E-state index in [-0.39, 0.29) is 23.6 Å². The van der Waals surface area contributed by atoms with Crippen LogP contribution < -0.4 is 16.0 Å². The van der Waals surface area contributed by atoms with E-state index in [9.17, 15) is 14.4 Å². The van der Waals surface area contributed by atoms with Gasteiger partial charge in [-0.2, -0.15) is 0 Å². The second kappa shape index (κ2) is 14.9. The van der Waals surface area contributed by atoms with Crippen molar-refractivity contribution in [2.75, 3.05) is 26.2 Å². The highest BCUT2D eigenvalue weighted by atomic mass is 16.2. The Bertz CT molecular complexity index is 1070. The van der Waals surface area contributed by atoms with E-state index in [1.807, 2.05) is 32.0 Å². The zero-order valence-electron chi connectivity index (χ0n) is 23.6. The Hall–Kier alpha value is -2.93. The van der Waals surface area contributed by atoms with E-state index in [1.165, 1.54) is 0 Å². The maximum atomic E-state index is 13.5. The Morgan fingerprint density at radius 1 is 1.00 bits per heavy atom. The maximum Gasteiger partial charge on any atom is 0.243 e. The number of nitrogens with zero attached hydrogens (tertiary/aromatic N) is 1. The number of fused-ring (bicyclic) bond motifs is 1. The van der Waals surface area contributed by atoms with Crippen LogP contribution in [-0.4, -0.2) is 60.9 Å². The molecule has 208 valence electrons. The molecule has 0 radical (unpaired) electrons. The fourth-order valence-corrected chi connectivity index (χ4v) is 5.19. The van der Waals surface area contributed by atoms with Gasteiger partial charge in [0.25, 0.3) is 0 Å². The van der Waals surface area contributed by atoms with Crippen molar-refractivity contribution < 1.29 is 14.4 Å². The Morgan fingerprint density at radius 3 is 2.45 bits per heavy atom. The van der Waals surface area contributed by atoms with Gasteiger partial charge in [0.2, 0.25) is 17.7 Å². The molecule has 1 fully saturated rings. The lowest BCUT2D eigenvalue weighted by Crippen LogP contribution is -2.54. The van der Waals surface area contributed by atoms with Crippen LogP contribution in [0.4, 0.5) is 0 Å². The third-order valence-corrected chi connectivity index (χ3v) is 7.44. The Kier molecular flexibility index (Phi) is 11.6. The van der Waals surface area contributed by atoms with Crippen molar-refractivity contribution in [3.8, 4) is 0 Å². The van der Waals surface area contributed by atoms with E-state index in [2.05, 4.69) is 54.1 Å². The number of carbonyl (C=O) groups excluding carboxylic acids is 3. The first-order valence-electron chi connectivity index (χ1n) is 14.4. The van der Waals surface area contributed by atoms with Gasteiger partial charge in [0, 0.05) is 25.4 Å². The average molecular weight is 523 g/mol. The number of hydrogen-bond acceptors (Lipinski definition) is 4. The lowest BCUT2D eigenvalue weighted by Gasteiger charge is -2.29. The SMILES string of the molecule is CCC(CC)C(=O)N1CCC[C@H]1C(=O)N[C@H](Cc1ccc2ccccc2c1)C(=O)NCCCNCC(C)C. The van der Waals surface area contributed by atoms with Gasteiger partial charge in [-0.25, -0.2) is 0 Å². The van der Waals surface area contributed by atoms with Crippen molar-refractivity contribution in [3.63, 3.8) is 0 Å². The van der Waals surface area contributed by atoms with Crippen molar-refractivity contribution in [1.29, 1.82) is 0 Å². The number of likely N-dealkylation sites (tertiary alicyclic amines) is 1. The van der Waals surface area contributed by atoms with Crippen LogP contribution in [0, 0.1) is 11.8 Å². The van der Waals surface area contributed by atoms with Gasteiger partial charge in [-0.1, -0.05) is 70.2 Å². The molecule has 7 nitrogen and oxygen atoms in total. The summed E-state index contributed by atoms with van der Waals surface area (Å²) in [4.78, 5) is 41.6. The predicted molar refractivity (Wildman–Crippen MR) is 154 cm³/mol. The Labute approximate surface area is 228 Å². The Balaban J connectivity index is 1.69. The van der Waals surface area contributed by atoms with Crippen LogP contribution in [0.3, 0.4) is 0 Å². The number of benzene rings is 2. The molecule has 0 spiro atoms. The summed E-state index contributed by atoms with van der Waals surface area (Å²) in [5.74, 6) is 0.146. The molecule has 2 aromatic carbocycles. The van der Waals surface area contributed by atoms with Gasteiger partial charge in [0.1, 0.15) is 12.1 Å². The first kappa shape index (κ1) is 29.6. The summed E-state index contributed by atoms with van der Waals surface area (Å²) in [5.41, 5.74) is 0.985. The third kappa shape index (κ3) is 8.29. The first-order chi connectivity index (χ1) is 18.3.